The van der Waals surface area contributed by atoms with Crippen LogP contribution in [0.5, 0.6) is 0 Å². The fraction of sp³-hybridized carbons (Fsp3) is 0.375. The lowest BCUT2D eigenvalue weighted by Gasteiger charge is -2.37. The van der Waals surface area contributed by atoms with E-state index in [2.05, 4.69) is 40.1 Å². The Kier molecular flexibility index (Phi) is 8.55. The number of ether oxygens (including phenoxy) is 1. The number of hydrogen-bond donors (Lipinski definition) is 0. The van der Waals surface area contributed by atoms with Crippen LogP contribution >= 0.6 is 0 Å². The minimum Gasteiger partial charge on any atom is -0.372 e. The van der Waals surface area contributed by atoms with Gasteiger partial charge in [0.25, 0.3) is 5.91 Å². The van der Waals surface area contributed by atoms with Crippen molar-refractivity contribution >= 4 is 11.6 Å². The molecule has 39 heavy (non-hydrogen) atoms. The minimum atomic E-state index is -0.388. The standard InChI is InChI=1S/C32H35FN4O2/c1-24-7-12-28(33)20-30(24)32(38)37-17-15-35(16-18-37)22-31(39-23-26-10-8-25(21-34)9-11-26)27-5-4-6-29(19-27)36-13-2-3-14-36/h4-12,19-20,31H,2-3,13-18,22-23H2,1H3/t31-/m0/s1. The van der Waals surface area contributed by atoms with E-state index in [0.717, 1.165) is 42.9 Å². The summed E-state index contributed by atoms with van der Waals surface area (Å²) in [5, 5.41) is 9.10. The summed E-state index contributed by atoms with van der Waals surface area (Å²) in [4.78, 5) is 19.7. The molecule has 0 spiro atoms. The molecule has 2 aliphatic rings. The first-order valence-electron chi connectivity index (χ1n) is 13.7. The molecule has 3 aromatic rings. The van der Waals surface area contributed by atoms with Gasteiger partial charge >= 0.3 is 0 Å². The van der Waals surface area contributed by atoms with Crippen LogP contribution in [0.25, 0.3) is 0 Å². The number of nitriles is 1. The minimum absolute atomic E-state index is 0.112. The van der Waals surface area contributed by atoms with E-state index in [1.54, 1.807) is 6.07 Å². The number of piperazine rings is 1. The second-order valence-corrected chi connectivity index (χ2v) is 10.4. The summed E-state index contributed by atoms with van der Waals surface area (Å²) in [6, 6.07) is 22.7. The first kappa shape index (κ1) is 26.9. The van der Waals surface area contributed by atoms with E-state index in [-0.39, 0.29) is 17.8 Å². The van der Waals surface area contributed by atoms with Crippen LogP contribution < -0.4 is 4.90 Å². The maximum absolute atomic E-state index is 13.8. The predicted molar refractivity (Wildman–Crippen MR) is 150 cm³/mol. The Morgan fingerprint density at radius 1 is 0.974 bits per heavy atom. The summed E-state index contributed by atoms with van der Waals surface area (Å²) in [7, 11) is 0. The molecule has 0 aromatic heterocycles. The maximum atomic E-state index is 13.8. The van der Waals surface area contributed by atoms with Gasteiger partial charge in [0.15, 0.2) is 0 Å². The fourth-order valence-corrected chi connectivity index (χ4v) is 5.39. The molecule has 0 radical (unpaired) electrons. The normalized spacial score (nSPS) is 16.7. The van der Waals surface area contributed by atoms with Crippen LogP contribution in [0.2, 0.25) is 0 Å². The monoisotopic (exact) mass is 526 g/mol. The fourth-order valence-electron chi connectivity index (χ4n) is 5.39. The van der Waals surface area contributed by atoms with E-state index < -0.39 is 0 Å². The summed E-state index contributed by atoms with van der Waals surface area (Å²) < 4.78 is 20.3. The second kappa shape index (κ2) is 12.4. The summed E-state index contributed by atoms with van der Waals surface area (Å²) in [5.41, 5.74) is 5.26. The van der Waals surface area contributed by atoms with E-state index in [9.17, 15) is 9.18 Å². The lowest BCUT2D eigenvalue weighted by Crippen LogP contribution is -2.49. The molecular formula is C32H35FN4O2. The van der Waals surface area contributed by atoms with Crippen LogP contribution in [0.3, 0.4) is 0 Å². The highest BCUT2D eigenvalue weighted by Gasteiger charge is 2.26. The SMILES string of the molecule is Cc1ccc(F)cc1C(=O)N1CCN(C[C@H](OCc2ccc(C#N)cc2)c2cccc(N3CCCC3)c2)CC1. The molecule has 5 rings (SSSR count). The van der Waals surface area contributed by atoms with E-state index in [0.29, 0.717) is 37.4 Å². The number of halogens is 1. The van der Waals surface area contributed by atoms with Crippen molar-refractivity contribution < 1.29 is 13.9 Å². The first-order chi connectivity index (χ1) is 19.0. The summed E-state index contributed by atoms with van der Waals surface area (Å²) in [6.07, 6.45) is 2.30. The third-order valence-electron chi connectivity index (χ3n) is 7.76. The summed E-state index contributed by atoms with van der Waals surface area (Å²) in [5.74, 6) is -0.500. The summed E-state index contributed by atoms with van der Waals surface area (Å²) in [6.45, 7) is 7.79. The van der Waals surface area contributed by atoms with Gasteiger partial charge in [-0.25, -0.2) is 4.39 Å². The third kappa shape index (κ3) is 6.65. The lowest BCUT2D eigenvalue weighted by molar-refractivity contribution is 0.00343. The van der Waals surface area contributed by atoms with Crippen molar-refractivity contribution in [2.45, 2.75) is 32.5 Å². The zero-order valence-corrected chi connectivity index (χ0v) is 22.5. The molecule has 6 nitrogen and oxygen atoms in total. The Morgan fingerprint density at radius 3 is 2.44 bits per heavy atom. The Hall–Kier alpha value is -3.73. The highest BCUT2D eigenvalue weighted by Crippen LogP contribution is 2.28. The van der Waals surface area contributed by atoms with E-state index in [1.165, 1.54) is 30.7 Å². The molecule has 7 heteroatoms. The van der Waals surface area contributed by atoms with Crippen molar-refractivity contribution in [3.05, 3.63) is 100 Å². The van der Waals surface area contributed by atoms with Gasteiger partial charge < -0.3 is 14.5 Å². The maximum Gasteiger partial charge on any atom is 0.254 e. The number of hydrogen-bond acceptors (Lipinski definition) is 5. The molecule has 1 amide bonds. The molecule has 2 saturated heterocycles. The number of rotatable bonds is 8. The van der Waals surface area contributed by atoms with Crippen LogP contribution in [-0.2, 0) is 11.3 Å². The highest BCUT2D eigenvalue weighted by atomic mass is 19.1. The van der Waals surface area contributed by atoms with E-state index in [1.807, 2.05) is 36.1 Å². The van der Waals surface area contributed by atoms with Gasteiger partial charge in [-0.15, -0.1) is 0 Å². The van der Waals surface area contributed by atoms with Gasteiger partial charge in [0, 0.05) is 57.1 Å². The van der Waals surface area contributed by atoms with Gasteiger partial charge in [0.1, 0.15) is 5.82 Å². The van der Waals surface area contributed by atoms with Crippen LogP contribution in [-0.4, -0.2) is 61.5 Å². The molecule has 0 unspecified atom stereocenters. The van der Waals surface area contributed by atoms with Gasteiger partial charge in [-0.3, -0.25) is 9.69 Å². The van der Waals surface area contributed by atoms with Crippen molar-refractivity contribution in [1.82, 2.24) is 9.80 Å². The lowest BCUT2D eigenvalue weighted by atomic mass is 10.1. The topological polar surface area (TPSA) is 59.8 Å². The van der Waals surface area contributed by atoms with Gasteiger partial charge in [-0.2, -0.15) is 5.26 Å². The van der Waals surface area contributed by atoms with Crippen molar-refractivity contribution in [3.63, 3.8) is 0 Å². The molecule has 0 aliphatic carbocycles. The van der Waals surface area contributed by atoms with E-state index in [4.69, 9.17) is 10.00 Å². The van der Waals surface area contributed by atoms with Crippen LogP contribution in [0, 0.1) is 24.1 Å². The number of aryl methyl sites for hydroxylation is 1. The van der Waals surface area contributed by atoms with Crippen molar-refractivity contribution in [3.8, 4) is 6.07 Å². The molecular weight excluding hydrogens is 491 g/mol. The Morgan fingerprint density at radius 2 is 1.72 bits per heavy atom. The Bertz CT molecular complexity index is 1320. The van der Waals surface area contributed by atoms with Gasteiger partial charge in [-0.1, -0.05) is 30.3 Å². The van der Waals surface area contributed by atoms with Gasteiger partial charge in [0.05, 0.1) is 24.3 Å². The highest BCUT2D eigenvalue weighted by molar-refractivity contribution is 5.95. The number of amides is 1. The number of carbonyl (C=O) groups excluding carboxylic acids is 1. The molecule has 2 aliphatic heterocycles. The largest absolute Gasteiger partial charge is 0.372 e. The molecule has 2 heterocycles. The summed E-state index contributed by atoms with van der Waals surface area (Å²) >= 11 is 0. The van der Waals surface area contributed by atoms with E-state index >= 15 is 0 Å². The molecule has 1 atom stereocenters. The quantitative estimate of drug-likeness (QED) is 0.398. The number of anilines is 1. The predicted octanol–water partition coefficient (Wildman–Crippen LogP) is 5.32. The van der Waals surface area contributed by atoms with Crippen molar-refractivity contribution in [2.24, 2.45) is 0 Å². The van der Waals surface area contributed by atoms with Crippen LogP contribution in [0.4, 0.5) is 10.1 Å². The molecule has 0 saturated carbocycles. The molecule has 202 valence electrons. The molecule has 0 bridgehead atoms. The average Bonchev–Trinajstić information content (AvgIpc) is 3.52. The average molecular weight is 527 g/mol. The van der Waals surface area contributed by atoms with Crippen LogP contribution in [0.15, 0.2) is 66.7 Å². The van der Waals surface area contributed by atoms with Crippen LogP contribution in [0.1, 0.15) is 51.6 Å². The van der Waals surface area contributed by atoms with Crippen molar-refractivity contribution in [2.75, 3.05) is 50.7 Å². The third-order valence-corrected chi connectivity index (χ3v) is 7.76. The smallest absolute Gasteiger partial charge is 0.254 e. The zero-order chi connectivity index (χ0) is 27.2. The van der Waals surface area contributed by atoms with Crippen molar-refractivity contribution in [1.29, 1.82) is 5.26 Å². The first-order valence-corrected chi connectivity index (χ1v) is 13.7. The Labute approximate surface area is 230 Å². The number of nitrogens with zero attached hydrogens (tertiary/aromatic N) is 4. The molecule has 3 aromatic carbocycles. The van der Waals surface area contributed by atoms with Gasteiger partial charge in [0.2, 0.25) is 0 Å². The Balaban J connectivity index is 1.27. The zero-order valence-electron chi connectivity index (χ0n) is 22.5. The van der Waals surface area contributed by atoms with Gasteiger partial charge in [-0.05, 0) is 72.9 Å². The second-order valence-electron chi connectivity index (χ2n) is 10.4. The number of benzene rings is 3. The molecule has 2 fully saturated rings. The number of carbonyl (C=O) groups is 1. The molecule has 0 N–H and O–H groups in total.